The van der Waals surface area contributed by atoms with Crippen molar-refractivity contribution in [1.29, 1.82) is 0 Å². The number of aryl methyl sites for hydroxylation is 2. The highest BCUT2D eigenvalue weighted by Crippen LogP contribution is 2.27. The number of para-hydroxylation sites is 1. The summed E-state index contributed by atoms with van der Waals surface area (Å²) in [5.41, 5.74) is 3.20. The number of sulfone groups is 1. The van der Waals surface area contributed by atoms with Gasteiger partial charge in [0, 0.05) is 35.9 Å². The number of aromatic nitrogens is 1. The first-order valence-electron chi connectivity index (χ1n) is 11.7. The number of amides is 2. The molecule has 0 atom stereocenters. The Labute approximate surface area is 200 Å². The molecule has 1 N–H and O–H groups in total. The van der Waals surface area contributed by atoms with E-state index >= 15 is 0 Å². The predicted molar refractivity (Wildman–Crippen MR) is 134 cm³/mol. The fraction of sp³-hybridized carbons (Fsp3) is 0.385. The van der Waals surface area contributed by atoms with Gasteiger partial charge < -0.3 is 14.8 Å². The average molecular weight is 482 g/mol. The van der Waals surface area contributed by atoms with E-state index in [0.717, 1.165) is 49.9 Å². The third-order valence-electron chi connectivity index (χ3n) is 6.18. The Hall–Kier alpha value is -3.13. The topological polar surface area (TPSA) is 88.5 Å². The lowest BCUT2D eigenvalue weighted by Gasteiger charge is -2.20. The largest absolute Gasteiger partial charge is 0.341 e. The fourth-order valence-corrected chi connectivity index (χ4v) is 6.02. The third kappa shape index (κ3) is 5.50. The molecule has 0 saturated carbocycles. The predicted octanol–water partition coefficient (Wildman–Crippen LogP) is 4.07. The minimum absolute atomic E-state index is 0.0147. The molecule has 2 aromatic carbocycles. The van der Waals surface area contributed by atoms with Crippen molar-refractivity contribution in [2.75, 3.05) is 24.2 Å². The lowest BCUT2D eigenvalue weighted by Crippen LogP contribution is -2.34. The van der Waals surface area contributed by atoms with Crippen LogP contribution >= 0.6 is 0 Å². The van der Waals surface area contributed by atoms with Gasteiger partial charge in [-0.3, -0.25) is 9.59 Å². The van der Waals surface area contributed by atoms with Crippen LogP contribution in [0.3, 0.4) is 0 Å². The number of hydrogen-bond donors (Lipinski definition) is 1. The van der Waals surface area contributed by atoms with Crippen molar-refractivity contribution in [3.63, 3.8) is 0 Å². The van der Waals surface area contributed by atoms with Gasteiger partial charge in [-0.1, -0.05) is 37.1 Å². The molecule has 2 heterocycles. The average Bonchev–Trinajstić information content (AvgIpc) is 2.93. The van der Waals surface area contributed by atoms with Gasteiger partial charge in [0.1, 0.15) is 12.3 Å². The van der Waals surface area contributed by atoms with Gasteiger partial charge in [-0.15, -0.1) is 0 Å². The number of carbonyl (C=O) groups is 2. The number of fused-ring (bicyclic) bond motifs is 1. The first-order chi connectivity index (χ1) is 16.2. The number of nitrogens with zero attached hydrogens (tertiary/aromatic N) is 2. The molecule has 3 aromatic rings. The fourth-order valence-electron chi connectivity index (χ4n) is 4.65. The number of carbonyl (C=O) groups excluding carboxylic acids is 2. The monoisotopic (exact) mass is 481 g/mol. The van der Waals surface area contributed by atoms with Crippen LogP contribution in [0.1, 0.15) is 36.8 Å². The van der Waals surface area contributed by atoms with E-state index in [4.69, 9.17) is 0 Å². The van der Waals surface area contributed by atoms with E-state index in [-0.39, 0.29) is 17.3 Å². The van der Waals surface area contributed by atoms with E-state index in [9.17, 15) is 18.0 Å². The summed E-state index contributed by atoms with van der Waals surface area (Å²) < 4.78 is 28.2. The first kappa shape index (κ1) is 24.0. The highest BCUT2D eigenvalue weighted by atomic mass is 32.2. The van der Waals surface area contributed by atoms with Crippen molar-refractivity contribution in [1.82, 2.24) is 9.47 Å². The second-order valence-electron chi connectivity index (χ2n) is 9.12. The van der Waals surface area contributed by atoms with Crippen LogP contribution in [0.25, 0.3) is 10.9 Å². The summed E-state index contributed by atoms with van der Waals surface area (Å²) in [7, 11) is -3.93. The Morgan fingerprint density at radius 2 is 1.59 bits per heavy atom. The van der Waals surface area contributed by atoms with Gasteiger partial charge in [0.05, 0.1) is 4.90 Å². The second-order valence-corrected chi connectivity index (χ2v) is 11.1. The minimum atomic E-state index is -3.93. The van der Waals surface area contributed by atoms with E-state index in [1.54, 1.807) is 34.9 Å². The SMILES string of the molecule is Cc1cc(C)cc(NC(=O)CS(=O)(=O)c2cn(CC(=O)N3CCCCCC3)c3ccccc23)c1. The Kier molecular flexibility index (Phi) is 7.07. The van der Waals surface area contributed by atoms with Crippen molar-refractivity contribution >= 4 is 38.2 Å². The van der Waals surface area contributed by atoms with Crippen molar-refractivity contribution < 1.29 is 18.0 Å². The van der Waals surface area contributed by atoms with Crippen LogP contribution in [0.2, 0.25) is 0 Å². The summed E-state index contributed by atoms with van der Waals surface area (Å²) in [6.45, 7) is 5.39. The van der Waals surface area contributed by atoms with E-state index in [1.807, 2.05) is 30.9 Å². The van der Waals surface area contributed by atoms with Gasteiger partial charge in [0.15, 0.2) is 9.84 Å². The molecular weight excluding hydrogens is 450 g/mol. The Balaban J connectivity index is 1.57. The van der Waals surface area contributed by atoms with Crippen LogP contribution in [0.4, 0.5) is 5.69 Å². The number of rotatable bonds is 6. The molecule has 0 radical (unpaired) electrons. The Bertz CT molecular complexity index is 1300. The smallest absolute Gasteiger partial charge is 0.242 e. The zero-order chi connectivity index (χ0) is 24.3. The van der Waals surface area contributed by atoms with Crippen LogP contribution in [0.5, 0.6) is 0 Å². The molecular formula is C26H31N3O4S. The van der Waals surface area contributed by atoms with E-state index in [2.05, 4.69) is 5.32 Å². The van der Waals surface area contributed by atoms with Crippen LogP contribution in [-0.2, 0) is 26.0 Å². The van der Waals surface area contributed by atoms with Crippen molar-refractivity contribution in [2.45, 2.75) is 51.0 Å². The molecule has 1 saturated heterocycles. The molecule has 8 heteroatoms. The number of likely N-dealkylation sites (tertiary alicyclic amines) is 1. The Morgan fingerprint density at radius 1 is 0.941 bits per heavy atom. The lowest BCUT2D eigenvalue weighted by molar-refractivity contribution is -0.131. The molecule has 0 spiro atoms. The Morgan fingerprint density at radius 3 is 2.26 bits per heavy atom. The molecule has 180 valence electrons. The normalized spacial score (nSPS) is 14.7. The second kappa shape index (κ2) is 10.0. The van der Waals surface area contributed by atoms with Gasteiger partial charge in [0.2, 0.25) is 11.8 Å². The summed E-state index contributed by atoms with van der Waals surface area (Å²) >= 11 is 0. The molecule has 1 aliphatic heterocycles. The molecule has 1 aliphatic rings. The van der Waals surface area contributed by atoms with Gasteiger partial charge in [-0.05, 0) is 56.0 Å². The van der Waals surface area contributed by atoms with E-state index in [0.29, 0.717) is 16.6 Å². The number of anilines is 1. The maximum atomic E-state index is 13.3. The van der Waals surface area contributed by atoms with Crippen molar-refractivity contribution in [3.05, 3.63) is 59.8 Å². The molecule has 0 aliphatic carbocycles. The van der Waals surface area contributed by atoms with Crippen molar-refractivity contribution in [2.24, 2.45) is 0 Å². The zero-order valence-corrected chi connectivity index (χ0v) is 20.5. The van der Waals surface area contributed by atoms with Crippen LogP contribution in [0.15, 0.2) is 53.6 Å². The summed E-state index contributed by atoms with van der Waals surface area (Å²) in [5.74, 6) is -1.28. The van der Waals surface area contributed by atoms with Gasteiger partial charge >= 0.3 is 0 Å². The highest BCUT2D eigenvalue weighted by Gasteiger charge is 2.26. The molecule has 0 bridgehead atoms. The maximum absolute atomic E-state index is 13.3. The van der Waals surface area contributed by atoms with Crippen LogP contribution in [-0.4, -0.2) is 48.5 Å². The lowest BCUT2D eigenvalue weighted by atomic mass is 10.1. The number of benzene rings is 2. The molecule has 1 fully saturated rings. The summed E-state index contributed by atoms with van der Waals surface area (Å²) in [4.78, 5) is 27.5. The van der Waals surface area contributed by atoms with E-state index in [1.165, 1.54) is 6.20 Å². The molecule has 34 heavy (non-hydrogen) atoms. The highest BCUT2D eigenvalue weighted by molar-refractivity contribution is 7.92. The van der Waals surface area contributed by atoms with Gasteiger partial charge in [-0.25, -0.2) is 8.42 Å². The first-order valence-corrected chi connectivity index (χ1v) is 13.3. The third-order valence-corrected chi connectivity index (χ3v) is 7.82. The molecule has 7 nitrogen and oxygen atoms in total. The summed E-state index contributed by atoms with van der Waals surface area (Å²) in [5, 5.41) is 3.22. The number of hydrogen-bond acceptors (Lipinski definition) is 4. The van der Waals surface area contributed by atoms with Crippen LogP contribution in [0, 0.1) is 13.8 Å². The minimum Gasteiger partial charge on any atom is -0.341 e. The molecule has 1 aromatic heterocycles. The van der Waals surface area contributed by atoms with Crippen molar-refractivity contribution in [3.8, 4) is 0 Å². The maximum Gasteiger partial charge on any atom is 0.242 e. The number of nitrogens with one attached hydrogen (secondary N) is 1. The zero-order valence-electron chi connectivity index (χ0n) is 19.7. The molecule has 0 unspecified atom stereocenters. The van der Waals surface area contributed by atoms with Gasteiger partial charge in [0.25, 0.3) is 0 Å². The quantitative estimate of drug-likeness (QED) is 0.575. The standard InChI is InChI=1S/C26H31N3O4S/c1-19-13-20(2)15-21(14-19)27-25(30)18-34(32,33)24-16-29(23-10-6-5-9-22(23)24)17-26(31)28-11-7-3-4-8-12-28/h5-6,9-10,13-16H,3-4,7-8,11-12,17-18H2,1-2H3,(H,27,30). The van der Waals surface area contributed by atoms with Gasteiger partial charge in [-0.2, -0.15) is 0 Å². The van der Waals surface area contributed by atoms with E-state index < -0.39 is 21.5 Å². The summed E-state index contributed by atoms with van der Waals surface area (Å²) in [6, 6.07) is 12.7. The molecule has 4 rings (SSSR count). The molecule has 2 amide bonds. The summed E-state index contributed by atoms with van der Waals surface area (Å²) in [6.07, 6.45) is 5.74. The van der Waals surface area contributed by atoms with Crippen LogP contribution < -0.4 is 5.32 Å².